The Balaban J connectivity index is 2.31. The maximum atomic E-state index is 12.7. The van der Waals surface area contributed by atoms with Crippen molar-refractivity contribution in [1.29, 1.82) is 0 Å². The summed E-state index contributed by atoms with van der Waals surface area (Å²) >= 11 is 0. The predicted octanol–water partition coefficient (Wildman–Crippen LogP) is 4.51. The quantitative estimate of drug-likeness (QED) is 0.583. The fourth-order valence-corrected chi connectivity index (χ4v) is 3.73. The van der Waals surface area contributed by atoms with Crippen molar-refractivity contribution in [2.24, 2.45) is 0 Å². The van der Waals surface area contributed by atoms with Gasteiger partial charge in [0.05, 0.1) is 6.10 Å². The molecule has 2 rings (SSSR count). The number of hydrogen-bond donors (Lipinski definition) is 0. The minimum absolute atomic E-state index is 0.0205. The molecule has 0 spiro atoms. The van der Waals surface area contributed by atoms with E-state index in [4.69, 9.17) is 9.16 Å². The summed E-state index contributed by atoms with van der Waals surface area (Å²) in [4.78, 5) is 26.3. The minimum Gasteiger partial charge on any atom is -0.446 e. The second-order valence-electron chi connectivity index (χ2n) is 8.30. The Morgan fingerprint density at radius 2 is 1.72 bits per heavy atom. The highest BCUT2D eigenvalue weighted by molar-refractivity contribution is 6.74. The zero-order valence-electron chi connectivity index (χ0n) is 16.2. The largest absolute Gasteiger partial charge is 0.446 e. The maximum Gasteiger partial charge on any atom is 0.417 e. The van der Waals surface area contributed by atoms with Gasteiger partial charge in [0.15, 0.2) is 14.4 Å². The van der Waals surface area contributed by atoms with Crippen LogP contribution in [0, 0.1) is 0 Å². The van der Waals surface area contributed by atoms with Gasteiger partial charge in [-0.1, -0.05) is 51.1 Å². The summed E-state index contributed by atoms with van der Waals surface area (Å²) in [6.45, 7) is 14.1. The molecule has 2 atom stereocenters. The number of likely N-dealkylation sites (tertiary alicyclic amines) is 1. The molecule has 1 aliphatic rings. The Morgan fingerprint density at radius 1 is 1.16 bits per heavy atom. The lowest BCUT2D eigenvalue weighted by atomic mass is 9.91. The number of carbonyl (C=O) groups is 2. The highest BCUT2D eigenvalue weighted by Crippen LogP contribution is 2.44. The second-order valence-corrected chi connectivity index (χ2v) is 13.1. The molecule has 2 amide bonds. The summed E-state index contributed by atoms with van der Waals surface area (Å²) in [5, 5.41) is -0.0205. The number of imide groups is 1. The summed E-state index contributed by atoms with van der Waals surface area (Å²) < 4.78 is 11.6. The van der Waals surface area contributed by atoms with Crippen molar-refractivity contribution in [3.8, 4) is 0 Å². The first kappa shape index (κ1) is 19.7. The highest BCUT2D eigenvalue weighted by atomic mass is 28.4. The molecule has 5 nitrogen and oxygen atoms in total. The van der Waals surface area contributed by atoms with Gasteiger partial charge in [-0.3, -0.25) is 4.79 Å². The summed E-state index contributed by atoms with van der Waals surface area (Å²) in [6, 6.07) is 9.09. The van der Waals surface area contributed by atoms with E-state index in [-0.39, 0.29) is 17.0 Å². The zero-order valence-corrected chi connectivity index (χ0v) is 17.2. The topological polar surface area (TPSA) is 55.8 Å². The van der Waals surface area contributed by atoms with E-state index in [2.05, 4.69) is 33.9 Å². The van der Waals surface area contributed by atoms with Crippen LogP contribution >= 0.6 is 0 Å². The van der Waals surface area contributed by atoms with E-state index in [9.17, 15) is 9.59 Å². The number of carbonyl (C=O) groups excluding carboxylic acids is 2. The van der Waals surface area contributed by atoms with Gasteiger partial charge in [-0.05, 0) is 37.5 Å². The molecule has 1 heterocycles. The Bertz CT molecular complexity index is 637. The van der Waals surface area contributed by atoms with Gasteiger partial charge >= 0.3 is 6.09 Å². The van der Waals surface area contributed by atoms with Gasteiger partial charge in [-0.15, -0.1) is 0 Å². The molecule has 0 bridgehead atoms. The van der Waals surface area contributed by atoms with Crippen LogP contribution in [0.15, 0.2) is 30.3 Å². The van der Waals surface area contributed by atoms with Crippen molar-refractivity contribution >= 4 is 20.3 Å². The number of benzene rings is 1. The predicted molar refractivity (Wildman–Crippen MR) is 99.7 cm³/mol. The lowest BCUT2D eigenvalue weighted by molar-refractivity contribution is -0.161. The number of ether oxygens (including phenoxy) is 1. The van der Waals surface area contributed by atoms with Crippen molar-refractivity contribution in [2.45, 2.75) is 71.0 Å². The van der Waals surface area contributed by atoms with Crippen LogP contribution in [-0.2, 0) is 14.0 Å². The van der Waals surface area contributed by atoms with Crippen molar-refractivity contribution in [3.63, 3.8) is 0 Å². The molecule has 0 radical (unpaired) electrons. The first-order valence-corrected chi connectivity index (χ1v) is 11.6. The average Bonchev–Trinajstić information content (AvgIpc) is 2.48. The van der Waals surface area contributed by atoms with E-state index in [0.717, 1.165) is 5.56 Å². The van der Waals surface area contributed by atoms with Gasteiger partial charge in [-0.2, -0.15) is 0 Å². The fourth-order valence-electron chi connectivity index (χ4n) is 2.51. The van der Waals surface area contributed by atoms with Crippen LogP contribution in [0.1, 0.15) is 46.2 Å². The molecular formula is C19H29NO4Si. The summed E-state index contributed by atoms with van der Waals surface area (Å²) in [6.07, 6.45) is -1.52. The van der Waals surface area contributed by atoms with Crippen molar-refractivity contribution in [1.82, 2.24) is 4.90 Å². The molecule has 25 heavy (non-hydrogen) atoms. The molecule has 1 aliphatic heterocycles. The van der Waals surface area contributed by atoms with Crippen LogP contribution < -0.4 is 0 Å². The number of amides is 2. The van der Waals surface area contributed by atoms with Crippen LogP contribution in [0.25, 0.3) is 0 Å². The number of nitrogens with zero attached hydrogens (tertiary/aromatic N) is 1. The lowest BCUT2D eigenvalue weighted by Gasteiger charge is -2.49. The lowest BCUT2D eigenvalue weighted by Crippen LogP contribution is -2.65. The van der Waals surface area contributed by atoms with Gasteiger partial charge < -0.3 is 9.16 Å². The number of β-lactam (4-membered cyclic amide) rings is 1. The Morgan fingerprint density at radius 3 is 2.20 bits per heavy atom. The van der Waals surface area contributed by atoms with Crippen LogP contribution in [-0.4, -0.2) is 37.4 Å². The third kappa shape index (κ3) is 3.95. The van der Waals surface area contributed by atoms with Gasteiger partial charge in [0.1, 0.15) is 6.04 Å². The third-order valence-electron chi connectivity index (χ3n) is 4.95. The molecule has 1 aromatic rings. The van der Waals surface area contributed by atoms with Crippen molar-refractivity contribution < 1.29 is 18.8 Å². The first-order valence-electron chi connectivity index (χ1n) is 8.72. The Kier molecular flexibility index (Phi) is 5.44. The van der Waals surface area contributed by atoms with E-state index < -0.39 is 26.6 Å². The SMILES string of the molecule is CC(C)OC(=O)N1C(=O)[C@H](O[Si](C)(C)C(C)(C)C)[C@@H]1c1ccccc1. The van der Waals surface area contributed by atoms with Gasteiger partial charge in [0.25, 0.3) is 5.91 Å². The summed E-state index contributed by atoms with van der Waals surface area (Å²) in [5.41, 5.74) is 0.881. The minimum atomic E-state index is -2.15. The van der Waals surface area contributed by atoms with E-state index in [1.165, 1.54) is 4.90 Å². The number of rotatable bonds is 4. The van der Waals surface area contributed by atoms with Crippen molar-refractivity contribution in [3.05, 3.63) is 35.9 Å². The maximum absolute atomic E-state index is 12.7. The molecule has 1 fully saturated rings. The number of hydrogen-bond acceptors (Lipinski definition) is 4. The van der Waals surface area contributed by atoms with Crippen LogP contribution in [0.4, 0.5) is 4.79 Å². The monoisotopic (exact) mass is 363 g/mol. The molecule has 1 saturated heterocycles. The summed E-state index contributed by atoms with van der Waals surface area (Å²) in [7, 11) is -2.15. The fraction of sp³-hybridized carbons (Fsp3) is 0.579. The van der Waals surface area contributed by atoms with Crippen LogP contribution in [0.5, 0.6) is 0 Å². The standard InChI is InChI=1S/C19H29NO4Si/c1-13(2)23-18(22)20-15(14-11-9-8-10-12-14)16(17(20)21)24-25(6,7)19(3,4)5/h8-13,15-16H,1-7H3/t15-,16+/m0/s1. The first-order chi connectivity index (χ1) is 11.5. The van der Waals surface area contributed by atoms with E-state index >= 15 is 0 Å². The molecule has 1 aromatic carbocycles. The average molecular weight is 364 g/mol. The molecule has 0 unspecified atom stereocenters. The normalized spacial score (nSPS) is 21.3. The molecule has 0 aromatic heterocycles. The van der Waals surface area contributed by atoms with E-state index in [1.807, 2.05) is 30.3 Å². The van der Waals surface area contributed by atoms with E-state index in [0.29, 0.717) is 0 Å². The smallest absolute Gasteiger partial charge is 0.417 e. The second kappa shape index (κ2) is 6.92. The molecule has 6 heteroatoms. The van der Waals surface area contributed by atoms with Crippen LogP contribution in [0.2, 0.25) is 18.1 Å². The van der Waals surface area contributed by atoms with Crippen LogP contribution in [0.3, 0.4) is 0 Å². The van der Waals surface area contributed by atoms with Gasteiger partial charge in [0.2, 0.25) is 0 Å². The summed E-state index contributed by atoms with van der Waals surface area (Å²) in [5.74, 6) is -0.315. The molecule has 0 N–H and O–H groups in total. The molecule has 138 valence electrons. The van der Waals surface area contributed by atoms with Gasteiger partial charge in [-0.25, -0.2) is 9.69 Å². The zero-order chi connectivity index (χ0) is 19.0. The van der Waals surface area contributed by atoms with Crippen molar-refractivity contribution in [2.75, 3.05) is 0 Å². The highest BCUT2D eigenvalue weighted by Gasteiger charge is 2.56. The third-order valence-corrected chi connectivity index (χ3v) is 9.40. The Hall–Kier alpha value is -1.66. The molecule has 0 saturated carbocycles. The Labute approximate surface area is 151 Å². The van der Waals surface area contributed by atoms with Gasteiger partial charge in [0, 0.05) is 0 Å². The molecule has 0 aliphatic carbocycles. The molecular weight excluding hydrogens is 334 g/mol. The van der Waals surface area contributed by atoms with E-state index in [1.54, 1.807) is 13.8 Å².